The second-order valence-electron chi connectivity index (χ2n) is 3.12. The maximum absolute atomic E-state index is 13.2. The van der Waals surface area contributed by atoms with Crippen molar-refractivity contribution < 1.29 is 4.39 Å². The average molecular weight is 414 g/mol. The topological polar surface area (TPSA) is 50.4 Å². The number of halogens is 3. The number of nitrogens with zero attached hydrogens (tertiary/aromatic N) is 1. The number of rotatable bonds is 4. The number of guanidine groups is 1. The first-order valence-electron chi connectivity index (χ1n) is 4.72. The molecule has 0 aliphatic carbocycles. The van der Waals surface area contributed by atoms with E-state index >= 15 is 0 Å². The molecule has 0 unspecified atom stereocenters. The smallest absolute Gasteiger partial charge is 0.189 e. The van der Waals surface area contributed by atoms with Gasteiger partial charge in [0.2, 0.25) is 0 Å². The lowest BCUT2D eigenvalue weighted by molar-refractivity contribution is 0.618. The van der Waals surface area contributed by atoms with Crippen molar-refractivity contribution in [2.45, 2.75) is 6.54 Å². The summed E-state index contributed by atoms with van der Waals surface area (Å²) in [5, 5.41) is 2.84. The van der Waals surface area contributed by atoms with Crippen molar-refractivity contribution in [2.24, 2.45) is 10.7 Å². The average Bonchev–Trinajstić information content (AvgIpc) is 2.28. The summed E-state index contributed by atoms with van der Waals surface area (Å²) in [5.41, 5.74) is 6.33. The third-order valence-corrected chi connectivity index (χ3v) is 2.49. The number of hydrogen-bond acceptors (Lipinski definition) is 1. The number of nitrogens with one attached hydrogen (secondary N) is 1. The van der Waals surface area contributed by atoms with E-state index < -0.39 is 0 Å². The van der Waals surface area contributed by atoms with Gasteiger partial charge in [0.25, 0.3) is 0 Å². The molecule has 0 aliphatic heterocycles. The number of aliphatic imine (C=N–C) groups is 1. The van der Waals surface area contributed by atoms with Gasteiger partial charge in [-0.3, -0.25) is 0 Å². The molecule has 0 atom stereocenters. The Kier molecular flexibility index (Phi) is 8.15. The first-order chi connectivity index (χ1) is 7.63. The van der Waals surface area contributed by atoms with Crippen molar-refractivity contribution in [3.05, 3.63) is 46.7 Å². The predicted octanol–water partition coefficient (Wildman–Crippen LogP) is 2.80. The highest BCUT2D eigenvalue weighted by Crippen LogP contribution is 2.16. The van der Waals surface area contributed by atoms with E-state index in [2.05, 4.69) is 32.8 Å². The Labute approximate surface area is 126 Å². The Balaban J connectivity index is 0.00000256. The summed E-state index contributed by atoms with van der Waals surface area (Å²) >= 11 is 3.08. The fourth-order valence-corrected chi connectivity index (χ4v) is 1.29. The van der Waals surface area contributed by atoms with Crippen LogP contribution < -0.4 is 11.1 Å². The van der Waals surface area contributed by atoms with E-state index in [1.165, 1.54) is 6.07 Å². The van der Waals surface area contributed by atoms with Crippen LogP contribution in [0.2, 0.25) is 0 Å². The summed E-state index contributed by atoms with van der Waals surface area (Å²) in [6.07, 6.45) is 1.68. The monoisotopic (exact) mass is 413 g/mol. The Hall–Kier alpha value is -0.630. The van der Waals surface area contributed by atoms with Crippen LogP contribution in [-0.2, 0) is 6.54 Å². The molecule has 17 heavy (non-hydrogen) atoms. The Morgan fingerprint density at radius 2 is 2.29 bits per heavy atom. The van der Waals surface area contributed by atoms with E-state index in [9.17, 15) is 4.39 Å². The van der Waals surface area contributed by atoms with Gasteiger partial charge in [-0.25, -0.2) is 9.38 Å². The fraction of sp³-hybridized carbons (Fsp3) is 0.182. The molecule has 6 heteroatoms. The molecule has 0 aliphatic rings. The highest BCUT2D eigenvalue weighted by Gasteiger charge is 1.99. The minimum atomic E-state index is -0.301. The molecule has 0 spiro atoms. The molecule has 0 saturated carbocycles. The van der Waals surface area contributed by atoms with E-state index in [1.807, 2.05) is 0 Å². The van der Waals surface area contributed by atoms with Gasteiger partial charge < -0.3 is 11.1 Å². The maximum Gasteiger partial charge on any atom is 0.189 e. The molecule has 3 N–H and O–H groups in total. The Morgan fingerprint density at radius 3 is 2.88 bits per heavy atom. The van der Waals surface area contributed by atoms with E-state index in [0.29, 0.717) is 23.5 Å². The molecule has 0 aromatic heterocycles. The van der Waals surface area contributed by atoms with Crippen molar-refractivity contribution >= 4 is 45.9 Å². The van der Waals surface area contributed by atoms with Gasteiger partial charge in [0.15, 0.2) is 5.96 Å². The van der Waals surface area contributed by atoms with Crippen molar-refractivity contribution in [1.82, 2.24) is 5.32 Å². The summed E-state index contributed by atoms with van der Waals surface area (Å²) in [4.78, 5) is 4.06. The summed E-state index contributed by atoms with van der Waals surface area (Å²) < 4.78 is 13.6. The Morgan fingerprint density at radius 1 is 1.59 bits per heavy atom. The van der Waals surface area contributed by atoms with E-state index in [4.69, 9.17) is 5.73 Å². The number of nitrogens with two attached hydrogens (primary N) is 1. The van der Waals surface area contributed by atoms with Gasteiger partial charge in [0.1, 0.15) is 5.82 Å². The first-order valence-corrected chi connectivity index (χ1v) is 5.51. The van der Waals surface area contributed by atoms with Crippen LogP contribution >= 0.6 is 39.9 Å². The van der Waals surface area contributed by atoms with Gasteiger partial charge >= 0.3 is 0 Å². The van der Waals surface area contributed by atoms with Gasteiger partial charge in [0, 0.05) is 6.54 Å². The van der Waals surface area contributed by atoms with Crippen LogP contribution in [0.4, 0.5) is 4.39 Å². The van der Waals surface area contributed by atoms with Crippen LogP contribution in [0.5, 0.6) is 0 Å². The summed E-state index contributed by atoms with van der Waals surface area (Å²) in [5.74, 6) is 0.0218. The van der Waals surface area contributed by atoms with Crippen LogP contribution in [0.25, 0.3) is 0 Å². The third-order valence-electron chi connectivity index (χ3n) is 1.84. The second-order valence-corrected chi connectivity index (χ2v) is 3.97. The molecule has 3 nitrogen and oxygen atoms in total. The third kappa shape index (κ3) is 6.02. The molecule has 0 saturated heterocycles. The maximum atomic E-state index is 13.2. The van der Waals surface area contributed by atoms with Gasteiger partial charge in [-0.2, -0.15) is 0 Å². The van der Waals surface area contributed by atoms with E-state index in [-0.39, 0.29) is 29.8 Å². The van der Waals surface area contributed by atoms with Crippen LogP contribution in [-0.4, -0.2) is 12.5 Å². The molecule has 1 aromatic rings. The zero-order valence-corrected chi connectivity index (χ0v) is 13.0. The second kappa shape index (κ2) is 8.46. The molecular weight excluding hydrogens is 400 g/mol. The highest BCUT2D eigenvalue weighted by molar-refractivity contribution is 14.0. The quantitative estimate of drug-likeness (QED) is 0.345. The van der Waals surface area contributed by atoms with Crippen LogP contribution in [0.3, 0.4) is 0 Å². The Bertz CT molecular complexity index is 410. The summed E-state index contributed by atoms with van der Waals surface area (Å²) in [6.45, 7) is 4.45. The lowest BCUT2D eigenvalue weighted by atomic mass is 10.2. The molecule has 94 valence electrons. The van der Waals surface area contributed by atoms with Crippen molar-refractivity contribution in [2.75, 3.05) is 6.54 Å². The van der Waals surface area contributed by atoms with Crippen LogP contribution in [0.1, 0.15) is 5.56 Å². The first kappa shape index (κ1) is 16.4. The highest BCUT2D eigenvalue weighted by atomic mass is 127. The minimum Gasteiger partial charge on any atom is -0.370 e. The molecular formula is C11H14BrFIN3. The molecule has 0 heterocycles. The van der Waals surface area contributed by atoms with E-state index in [1.54, 1.807) is 18.2 Å². The molecule has 0 amide bonds. The van der Waals surface area contributed by atoms with Gasteiger partial charge in [0.05, 0.1) is 11.0 Å². The van der Waals surface area contributed by atoms with Crippen molar-refractivity contribution in [3.63, 3.8) is 0 Å². The predicted molar refractivity (Wildman–Crippen MR) is 83.0 cm³/mol. The van der Waals surface area contributed by atoms with E-state index in [0.717, 1.165) is 5.56 Å². The van der Waals surface area contributed by atoms with Gasteiger partial charge in [-0.05, 0) is 33.6 Å². The van der Waals surface area contributed by atoms with Crippen molar-refractivity contribution in [1.29, 1.82) is 0 Å². The zero-order chi connectivity index (χ0) is 12.0. The van der Waals surface area contributed by atoms with Gasteiger partial charge in [-0.1, -0.05) is 12.1 Å². The zero-order valence-electron chi connectivity index (χ0n) is 9.12. The van der Waals surface area contributed by atoms with Gasteiger partial charge in [-0.15, -0.1) is 30.6 Å². The molecule has 1 aromatic carbocycles. The lowest BCUT2D eigenvalue weighted by Gasteiger charge is -2.03. The molecule has 0 bridgehead atoms. The SMILES string of the molecule is C=CCNC(N)=NCc1ccc(Br)c(F)c1.I. The minimum absolute atomic E-state index is 0. The molecule has 0 fully saturated rings. The standard InChI is InChI=1S/C11H13BrFN3.HI/c1-2-5-15-11(14)16-7-8-3-4-9(12)10(13)6-8;/h2-4,6H,1,5,7H2,(H3,14,15,16);1H. The normalized spacial score (nSPS) is 10.6. The largest absolute Gasteiger partial charge is 0.370 e. The van der Waals surface area contributed by atoms with Crippen LogP contribution in [0.15, 0.2) is 40.3 Å². The lowest BCUT2D eigenvalue weighted by Crippen LogP contribution is -2.31. The number of benzene rings is 1. The molecule has 1 rings (SSSR count). The fourth-order valence-electron chi connectivity index (χ4n) is 1.05. The summed E-state index contributed by atoms with van der Waals surface area (Å²) in [6, 6.07) is 4.86. The van der Waals surface area contributed by atoms with Crippen LogP contribution in [0, 0.1) is 5.82 Å². The molecule has 0 radical (unpaired) electrons. The number of hydrogen-bond donors (Lipinski definition) is 2. The van der Waals surface area contributed by atoms with Crippen molar-refractivity contribution in [3.8, 4) is 0 Å². The summed E-state index contributed by atoms with van der Waals surface area (Å²) in [7, 11) is 0.